The van der Waals surface area contributed by atoms with Crippen LogP contribution in [0.1, 0.15) is 312 Å². The molecule has 0 amide bonds. The van der Waals surface area contributed by atoms with Crippen LogP contribution < -0.4 is 0 Å². The first-order valence-corrected chi connectivity index (χ1v) is 36.2. The zero-order valence-electron chi connectivity index (χ0n) is 73.2. The predicted molar refractivity (Wildman–Crippen MR) is 432 cm³/mol. The van der Waals surface area contributed by atoms with Crippen LogP contribution in [0.5, 0.6) is 0 Å². The van der Waals surface area contributed by atoms with E-state index in [2.05, 4.69) is 307 Å². The topological polar surface area (TPSA) is 325 Å². The fourth-order valence-electron chi connectivity index (χ4n) is 1.52. The van der Waals surface area contributed by atoms with Crippen molar-refractivity contribution < 1.29 is 17.9 Å². The molecule has 0 aromatic carbocycles. The van der Waals surface area contributed by atoms with Crippen LogP contribution in [-0.4, -0.2) is 102 Å². The van der Waals surface area contributed by atoms with Gasteiger partial charge in [-0.3, -0.25) is 10.2 Å². The number of H-pyrrole nitrogens is 5. The molecular formula is C75H170N20O4. The van der Waals surface area contributed by atoms with Crippen LogP contribution >= 0.6 is 0 Å². The second-order valence-electron chi connectivity index (χ2n) is 21.5. The molecule has 9 heterocycles. The van der Waals surface area contributed by atoms with Gasteiger partial charge in [-0.25, -0.2) is 19.9 Å². The van der Waals surface area contributed by atoms with Crippen molar-refractivity contribution in [1.82, 2.24) is 102 Å². The maximum absolute atomic E-state index is 4.47. The van der Waals surface area contributed by atoms with Gasteiger partial charge < -0.3 is 22.9 Å². The Kier molecular flexibility index (Phi) is 244. The summed E-state index contributed by atoms with van der Waals surface area (Å²) in [7, 11) is 0. The standard InChI is InChI=1S/9C4H10.2C3H4N2.2C3H3NO.2C2H3N3.2C2H2N2O.9C2H6.CH2N4/c9*1-4(2)3;1-2-5-3-4-1;1-2-4-5-3-1;1-2-5-3-4-1;1-2-4-5-3-1;1-3-2-5-4-1;1-2-4-5-3-1;1-3-4-2-5-1;1-3-2-5-4-1;9*1-2;1-2-4-5-3-1/h9*4H,1-3H3;2*1-3H,(H,4,5);2*1-3H;2*1-2H,(H,3,4,5);2*1-2H;9*1-2H3;1H,(H,2,3,4,5). The fourth-order valence-corrected chi connectivity index (χ4v) is 1.52. The molecule has 0 saturated heterocycles. The van der Waals surface area contributed by atoms with E-state index in [9.17, 15) is 0 Å². The minimum atomic E-state index is 0.833. The molecule has 24 nitrogen and oxygen atoms in total. The highest BCUT2D eigenvalue weighted by atomic mass is 16.5. The van der Waals surface area contributed by atoms with E-state index in [0.29, 0.717) is 0 Å². The van der Waals surface area contributed by atoms with Gasteiger partial charge in [0, 0.05) is 24.8 Å². The number of hydrogen-bond donors (Lipinski definition) is 5. The first-order chi connectivity index (χ1) is 47.1. The average molecular weight is 1420 g/mol. The minimum Gasteiger partial charge on any atom is -0.452 e. The maximum atomic E-state index is 4.47. The lowest BCUT2D eigenvalue weighted by Crippen LogP contribution is -1.66. The number of tetrazole rings is 1. The third-order valence-corrected chi connectivity index (χ3v) is 3.00. The molecule has 594 valence electrons. The Labute approximate surface area is 613 Å². The highest BCUT2D eigenvalue weighted by Crippen LogP contribution is 1.85. The zero-order chi connectivity index (χ0) is 82.0. The molecule has 0 saturated carbocycles. The molecule has 0 aliphatic carbocycles. The Balaban J connectivity index is -0.0000000433. The van der Waals surface area contributed by atoms with E-state index in [0.717, 1.165) is 53.3 Å². The molecule has 0 aliphatic rings. The van der Waals surface area contributed by atoms with E-state index >= 15 is 0 Å². The van der Waals surface area contributed by atoms with Crippen LogP contribution in [0.25, 0.3) is 0 Å². The van der Waals surface area contributed by atoms with E-state index in [4.69, 9.17) is 0 Å². The summed E-state index contributed by atoms with van der Waals surface area (Å²) in [4.78, 5) is 17.0. The molecule has 99 heavy (non-hydrogen) atoms. The largest absolute Gasteiger partial charge is 0.452 e. The molecular weight excluding hydrogens is 1240 g/mol. The lowest BCUT2D eigenvalue weighted by Gasteiger charge is -1.79. The average Bonchev–Trinajstić information content (AvgIpc) is 4.43. The molecule has 0 fully saturated rings. The maximum Gasteiger partial charge on any atom is 0.213 e. The van der Waals surface area contributed by atoms with E-state index in [1.807, 2.05) is 131 Å². The van der Waals surface area contributed by atoms with Crippen LogP contribution in [0.15, 0.2) is 149 Å². The SMILES string of the molecule is CC.CC.CC.CC.CC.CC.CC.CC.CC.CC(C)C.CC(C)C.CC(C)C.CC(C)C.CC(C)C.CC(C)C.CC(C)C.CC(C)C.CC(C)C.c1c[nH]cn1.c1cn[nH]c1.c1cn[nH]n1.c1cnoc1.c1cocn1.c1nc[nH]n1.c1ncon1.c1nn[nH]n1.c1nnco1. The van der Waals surface area contributed by atoms with E-state index < -0.39 is 0 Å². The molecule has 9 aromatic heterocycles. The summed E-state index contributed by atoms with van der Waals surface area (Å²) < 4.78 is 17.4. The van der Waals surface area contributed by atoms with E-state index in [1.54, 1.807) is 62.0 Å². The van der Waals surface area contributed by atoms with Crippen molar-refractivity contribution in [2.75, 3.05) is 0 Å². The lowest BCUT2D eigenvalue weighted by atomic mass is 10.3. The van der Waals surface area contributed by atoms with Gasteiger partial charge in [0.1, 0.15) is 25.2 Å². The van der Waals surface area contributed by atoms with Crippen molar-refractivity contribution in [2.24, 2.45) is 53.3 Å². The lowest BCUT2D eigenvalue weighted by molar-refractivity contribution is 0.416. The molecule has 9 rings (SSSR count). The fraction of sp³-hybridized carbons (Fsp3) is 0.720. The highest BCUT2D eigenvalue weighted by Gasteiger charge is 1.72. The molecule has 0 atom stereocenters. The molecule has 0 unspecified atom stereocenters. The van der Waals surface area contributed by atoms with Crippen molar-refractivity contribution in [1.29, 1.82) is 0 Å². The Bertz CT molecular complexity index is 1310. The summed E-state index contributed by atoms with van der Waals surface area (Å²) in [6.45, 7) is 94.5. The first kappa shape index (κ1) is 139. The molecule has 5 N–H and O–H groups in total. The molecule has 9 aromatic rings. The summed E-state index contributed by atoms with van der Waals surface area (Å²) in [5.74, 6) is 7.50. The number of oxazole rings is 1. The number of rotatable bonds is 0. The van der Waals surface area contributed by atoms with Gasteiger partial charge in [0.2, 0.25) is 19.2 Å². The highest BCUT2D eigenvalue weighted by molar-refractivity contribution is 4.72. The minimum absolute atomic E-state index is 0.833. The molecule has 0 spiro atoms. The van der Waals surface area contributed by atoms with Gasteiger partial charge in [0.25, 0.3) is 0 Å². The monoisotopic (exact) mass is 1420 g/mol. The summed E-state index contributed by atoms with van der Waals surface area (Å²) in [6.07, 6.45) is 28.7. The molecule has 0 aliphatic heterocycles. The zero-order valence-corrected chi connectivity index (χ0v) is 73.2. The number of aromatic amines is 5. The van der Waals surface area contributed by atoms with Gasteiger partial charge in [-0.05, 0) is 65.4 Å². The number of hydrogen-bond acceptors (Lipinski definition) is 19. The second kappa shape index (κ2) is 174. The van der Waals surface area contributed by atoms with Gasteiger partial charge in [0.15, 0.2) is 19.0 Å². The van der Waals surface area contributed by atoms with Crippen LogP contribution in [0.3, 0.4) is 0 Å². The van der Waals surface area contributed by atoms with Gasteiger partial charge in [-0.2, -0.15) is 30.8 Å². The van der Waals surface area contributed by atoms with Crippen LogP contribution in [0.4, 0.5) is 0 Å². The van der Waals surface area contributed by atoms with Gasteiger partial charge >= 0.3 is 0 Å². The second-order valence-corrected chi connectivity index (χ2v) is 21.5. The van der Waals surface area contributed by atoms with E-state index in [1.165, 1.54) is 63.4 Å². The quantitative estimate of drug-likeness (QED) is 0.0941. The van der Waals surface area contributed by atoms with E-state index in [-0.39, 0.29) is 0 Å². The number of nitrogens with zero attached hydrogens (tertiary/aromatic N) is 15. The Hall–Kier alpha value is -7.53. The summed E-state index contributed by atoms with van der Waals surface area (Å²) in [6, 6.07) is 3.56. The van der Waals surface area contributed by atoms with Gasteiger partial charge in [-0.15, -0.1) is 20.4 Å². The van der Waals surface area contributed by atoms with Crippen LogP contribution in [0.2, 0.25) is 0 Å². The summed E-state index contributed by atoms with van der Waals surface area (Å²) in [5.41, 5.74) is 0. The third-order valence-electron chi connectivity index (χ3n) is 3.00. The number of nitrogens with one attached hydrogen (secondary N) is 5. The number of imidazole rings is 1. The van der Waals surface area contributed by atoms with Crippen LogP contribution in [-0.2, 0) is 0 Å². The predicted octanol–water partition coefficient (Wildman–Crippen LogP) is 25.3. The summed E-state index contributed by atoms with van der Waals surface area (Å²) >= 11 is 0. The third kappa shape index (κ3) is 504. The van der Waals surface area contributed by atoms with Crippen molar-refractivity contribution in [3.8, 4) is 0 Å². The Morgan fingerprint density at radius 3 is 0.768 bits per heavy atom. The van der Waals surface area contributed by atoms with Crippen molar-refractivity contribution in [3.63, 3.8) is 0 Å². The Morgan fingerprint density at radius 1 is 0.263 bits per heavy atom. The Morgan fingerprint density at radius 2 is 0.677 bits per heavy atom. The van der Waals surface area contributed by atoms with Crippen LogP contribution in [0, 0.1) is 53.3 Å². The van der Waals surface area contributed by atoms with Crippen molar-refractivity contribution in [3.05, 3.63) is 131 Å². The molecule has 24 heteroatoms. The first-order valence-electron chi connectivity index (χ1n) is 36.2. The van der Waals surface area contributed by atoms with Gasteiger partial charge in [-0.1, -0.05) is 327 Å². The molecule has 0 radical (unpaired) electrons. The normalized spacial score (nSPS) is 7.45. The molecule has 0 bridgehead atoms. The van der Waals surface area contributed by atoms with Crippen molar-refractivity contribution >= 4 is 0 Å². The summed E-state index contributed by atoms with van der Waals surface area (Å²) in [5, 5.41) is 46.9. The smallest absolute Gasteiger partial charge is 0.213 e. The van der Waals surface area contributed by atoms with Gasteiger partial charge in [0.05, 0.1) is 31.1 Å². The number of aromatic nitrogens is 20. The van der Waals surface area contributed by atoms with Crippen molar-refractivity contribution in [2.45, 2.75) is 312 Å².